The van der Waals surface area contributed by atoms with Crippen molar-refractivity contribution >= 4 is 23.2 Å². The van der Waals surface area contributed by atoms with Gasteiger partial charge in [0.2, 0.25) is 0 Å². The Morgan fingerprint density at radius 2 is 1.88 bits per heavy atom. The van der Waals surface area contributed by atoms with Gasteiger partial charge in [0.05, 0.1) is 16.9 Å². The molecule has 0 unspecified atom stereocenters. The zero-order chi connectivity index (χ0) is 18.8. The number of aryl methyl sites for hydroxylation is 2. The van der Waals surface area contributed by atoms with Crippen LogP contribution in [0.25, 0.3) is 5.69 Å². The quantitative estimate of drug-likeness (QED) is 0.676. The van der Waals surface area contributed by atoms with Gasteiger partial charge in [0.15, 0.2) is 5.69 Å². The van der Waals surface area contributed by atoms with Crippen molar-refractivity contribution in [3.05, 3.63) is 70.5 Å². The van der Waals surface area contributed by atoms with E-state index in [0.29, 0.717) is 10.7 Å². The number of carbonyl (C=O) groups excluding carboxylic acids is 1. The second-order valence-corrected chi connectivity index (χ2v) is 6.97. The minimum atomic E-state index is -0.188. The maximum absolute atomic E-state index is 13.2. The molecule has 1 aromatic heterocycles. The van der Waals surface area contributed by atoms with Crippen molar-refractivity contribution in [1.29, 1.82) is 0 Å². The Morgan fingerprint density at radius 1 is 1.15 bits per heavy atom. The largest absolute Gasteiger partial charge is 0.304 e. The Balaban J connectivity index is 1.99. The highest BCUT2D eigenvalue weighted by Gasteiger charge is 2.25. The van der Waals surface area contributed by atoms with Crippen molar-refractivity contribution < 1.29 is 4.79 Å². The van der Waals surface area contributed by atoms with Crippen molar-refractivity contribution in [1.82, 2.24) is 15.0 Å². The summed E-state index contributed by atoms with van der Waals surface area (Å²) < 4.78 is 1.52. The molecule has 0 saturated heterocycles. The lowest BCUT2D eigenvalue weighted by Gasteiger charge is -2.28. The van der Waals surface area contributed by atoms with Gasteiger partial charge < -0.3 is 4.90 Å². The maximum atomic E-state index is 13.2. The second-order valence-electron chi connectivity index (χ2n) is 6.56. The van der Waals surface area contributed by atoms with Crippen LogP contribution in [0.1, 0.15) is 35.5 Å². The van der Waals surface area contributed by atoms with Crippen LogP contribution in [0.4, 0.5) is 5.69 Å². The Bertz CT molecular complexity index is 948. The summed E-state index contributed by atoms with van der Waals surface area (Å²) in [6.07, 6.45) is 1.62. The summed E-state index contributed by atoms with van der Waals surface area (Å²) in [7, 11) is 0. The number of halogens is 1. The Kier molecular flexibility index (Phi) is 5.09. The molecule has 5 nitrogen and oxygen atoms in total. The van der Waals surface area contributed by atoms with E-state index in [1.807, 2.05) is 64.1 Å². The van der Waals surface area contributed by atoms with Gasteiger partial charge in [0.1, 0.15) is 0 Å². The summed E-state index contributed by atoms with van der Waals surface area (Å²) in [5.74, 6) is -0.188. The summed E-state index contributed by atoms with van der Waals surface area (Å²) in [5.41, 5.74) is 3.99. The normalized spacial score (nSPS) is 11.0. The predicted molar refractivity (Wildman–Crippen MR) is 104 cm³/mol. The van der Waals surface area contributed by atoms with Crippen LogP contribution >= 0.6 is 11.6 Å². The van der Waals surface area contributed by atoms with Crippen LogP contribution in [0.2, 0.25) is 5.02 Å². The number of amides is 1. The van der Waals surface area contributed by atoms with Crippen LogP contribution in [0.5, 0.6) is 0 Å². The summed E-state index contributed by atoms with van der Waals surface area (Å²) >= 11 is 6.21. The van der Waals surface area contributed by atoms with Gasteiger partial charge in [-0.15, -0.1) is 5.10 Å². The van der Waals surface area contributed by atoms with Crippen LogP contribution in [-0.2, 0) is 0 Å². The van der Waals surface area contributed by atoms with Crippen LogP contribution in [0.15, 0.2) is 48.7 Å². The minimum Gasteiger partial charge on any atom is -0.304 e. The first-order valence-electron chi connectivity index (χ1n) is 8.46. The number of aromatic nitrogens is 3. The van der Waals surface area contributed by atoms with Crippen LogP contribution < -0.4 is 4.90 Å². The van der Waals surface area contributed by atoms with Crippen molar-refractivity contribution in [2.24, 2.45) is 0 Å². The molecule has 0 fully saturated rings. The van der Waals surface area contributed by atoms with E-state index in [4.69, 9.17) is 11.6 Å². The highest BCUT2D eigenvalue weighted by molar-refractivity contribution is 6.32. The van der Waals surface area contributed by atoms with Gasteiger partial charge in [-0.05, 0) is 57.0 Å². The van der Waals surface area contributed by atoms with Gasteiger partial charge in [0, 0.05) is 11.7 Å². The number of benzene rings is 2. The number of anilines is 1. The Hall–Kier alpha value is -2.66. The molecule has 0 bridgehead atoms. The Labute approximate surface area is 158 Å². The molecule has 2 aromatic carbocycles. The average molecular weight is 369 g/mol. The van der Waals surface area contributed by atoms with Crippen molar-refractivity contribution in [3.8, 4) is 5.69 Å². The molecule has 26 heavy (non-hydrogen) atoms. The molecule has 6 heteroatoms. The van der Waals surface area contributed by atoms with Gasteiger partial charge in [-0.1, -0.05) is 41.1 Å². The molecule has 1 amide bonds. The molecule has 0 atom stereocenters. The standard InChI is InChI=1S/C20H21ClN4O/c1-13(2)25(19-11-14(3)9-10-15(19)4)20(26)17-12-24(23-22-17)18-8-6-5-7-16(18)21/h5-13H,1-4H3. The molecule has 0 aliphatic heterocycles. The molecule has 0 aliphatic rings. The van der Waals surface area contributed by atoms with Gasteiger partial charge >= 0.3 is 0 Å². The van der Waals surface area contributed by atoms with E-state index in [-0.39, 0.29) is 17.6 Å². The zero-order valence-corrected chi connectivity index (χ0v) is 16.0. The SMILES string of the molecule is Cc1ccc(C)c(N(C(=O)c2cn(-c3ccccc3Cl)nn2)C(C)C)c1. The molecular formula is C20H21ClN4O. The second kappa shape index (κ2) is 7.30. The van der Waals surface area contributed by atoms with E-state index in [2.05, 4.69) is 10.3 Å². The van der Waals surface area contributed by atoms with Crippen LogP contribution in [-0.4, -0.2) is 26.9 Å². The number of para-hydroxylation sites is 1. The smallest absolute Gasteiger partial charge is 0.280 e. The lowest BCUT2D eigenvalue weighted by molar-refractivity contribution is 0.0975. The summed E-state index contributed by atoms with van der Waals surface area (Å²) in [6.45, 7) is 7.98. The molecule has 0 spiro atoms. The average Bonchev–Trinajstić information content (AvgIpc) is 3.08. The topological polar surface area (TPSA) is 51.0 Å². The van der Waals surface area contributed by atoms with Gasteiger partial charge in [0.25, 0.3) is 5.91 Å². The highest BCUT2D eigenvalue weighted by atomic mass is 35.5. The lowest BCUT2D eigenvalue weighted by atomic mass is 10.1. The van der Waals surface area contributed by atoms with E-state index in [9.17, 15) is 4.79 Å². The number of rotatable bonds is 4. The summed E-state index contributed by atoms with van der Waals surface area (Å²) in [4.78, 5) is 14.9. The van der Waals surface area contributed by atoms with Gasteiger partial charge in [-0.25, -0.2) is 4.68 Å². The molecule has 0 saturated carbocycles. The predicted octanol–water partition coefficient (Wildman–Crippen LogP) is 4.59. The fourth-order valence-electron chi connectivity index (χ4n) is 2.84. The van der Waals surface area contributed by atoms with E-state index in [0.717, 1.165) is 16.8 Å². The molecule has 0 N–H and O–H groups in total. The molecular weight excluding hydrogens is 348 g/mol. The molecule has 0 radical (unpaired) electrons. The van der Waals surface area contributed by atoms with Crippen LogP contribution in [0, 0.1) is 13.8 Å². The minimum absolute atomic E-state index is 0.0199. The van der Waals surface area contributed by atoms with Crippen molar-refractivity contribution in [3.63, 3.8) is 0 Å². The first kappa shape index (κ1) is 18.1. The Morgan fingerprint density at radius 3 is 2.58 bits per heavy atom. The zero-order valence-electron chi connectivity index (χ0n) is 15.3. The molecule has 134 valence electrons. The van der Waals surface area contributed by atoms with Gasteiger partial charge in [-0.2, -0.15) is 0 Å². The molecule has 3 rings (SSSR count). The molecule has 0 aliphatic carbocycles. The number of carbonyl (C=O) groups is 1. The fraction of sp³-hybridized carbons (Fsp3) is 0.250. The third kappa shape index (κ3) is 3.48. The third-order valence-electron chi connectivity index (χ3n) is 4.17. The van der Waals surface area contributed by atoms with Gasteiger partial charge in [-0.3, -0.25) is 4.79 Å². The summed E-state index contributed by atoms with van der Waals surface area (Å²) in [5, 5.41) is 8.70. The molecule has 3 aromatic rings. The van der Waals surface area contributed by atoms with E-state index < -0.39 is 0 Å². The monoisotopic (exact) mass is 368 g/mol. The lowest BCUT2D eigenvalue weighted by Crippen LogP contribution is -2.37. The van der Waals surface area contributed by atoms with E-state index in [1.165, 1.54) is 4.68 Å². The van der Waals surface area contributed by atoms with E-state index >= 15 is 0 Å². The number of hydrogen-bond donors (Lipinski definition) is 0. The first-order chi connectivity index (χ1) is 12.4. The van der Waals surface area contributed by atoms with Crippen molar-refractivity contribution in [2.75, 3.05) is 4.90 Å². The number of nitrogens with zero attached hydrogens (tertiary/aromatic N) is 4. The highest BCUT2D eigenvalue weighted by Crippen LogP contribution is 2.26. The maximum Gasteiger partial charge on any atom is 0.280 e. The third-order valence-corrected chi connectivity index (χ3v) is 4.49. The summed E-state index contributed by atoms with van der Waals surface area (Å²) in [6, 6.07) is 13.4. The van der Waals surface area contributed by atoms with Crippen LogP contribution in [0.3, 0.4) is 0 Å². The number of hydrogen-bond acceptors (Lipinski definition) is 3. The fourth-order valence-corrected chi connectivity index (χ4v) is 3.06. The first-order valence-corrected chi connectivity index (χ1v) is 8.84. The van der Waals surface area contributed by atoms with E-state index in [1.54, 1.807) is 17.2 Å². The van der Waals surface area contributed by atoms with Crippen molar-refractivity contribution in [2.45, 2.75) is 33.7 Å². The molecule has 1 heterocycles.